The molecule has 2 aromatic rings. The third-order valence-corrected chi connectivity index (χ3v) is 4.76. The van der Waals surface area contributed by atoms with Crippen LogP contribution < -0.4 is 5.73 Å². The molecule has 1 aromatic carbocycles. The van der Waals surface area contributed by atoms with Crippen molar-refractivity contribution in [2.24, 2.45) is 11.7 Å². The van der Waals surface area contributed by atoms with Crippen molar-refractivity contribution in [3.8, 4) is 0 Å². The van der Waals surface area contributed by atoms with Gasteiger partial charge in [0.15, 0.2) is 0 Å². The number of hydrogen-bond acceptors (Lipinski definition) is 3. The first-order valence-corrected chi connectivity index (χ1v) is 8.27. The quantitative estimate of drug-likeness (QED) is 0.868. The van der Waals surface area contributed by atoms with Crippen LogP contribution in [0.15, 0.2) is 30.5 Å². The minimum absolute atomic E-state index is 0. The van der Waals surface area contributed by atoms with Gasteiger partial charge in [-0.05, 0) is 36.8 Å². The summed E-state index contributed by atoms with van der Waals surface area (Å²) in [5, 5.41) is 1.15. The number of nitrogens with one attached hydrogen (secondary N) is 1. The predicted octanol–water partition coefficient (Wildman–Crippen LogP) is 2.34. The van der Waals surface area contributed by atoms with Gasteiger partial charge in [-0.1, -0.05) is 18.2 Å². The van der Waals surface area contributed by atoms with Crippen molar-refractivity contribution >= 4 is 29.2 Å². The molecule has 1 atom stereocenters. The fourth-order valence-corrected chi connectivity index (χ4v) is 3.41. The Bertz CT molecular complexity index is 665. The van der Waals surface area contributed by atoms with E-state index in [-0.39, 0.29) is 18.3 Å². The maximum absolute atomic E-state index is 12.6. The van der Waals surface area contributed by atoms with Crippen molar-refractivity contribution in [2.45, 2.75) is 25.3 Å². The van der Waals surface area contributed by atoms with Crippen molar-refractivity contribution in [3.63, 3.8) is 0 Å². The van der Waals surface area contributed by atoms with E-state index in [0.717, 1.165) is 49.0 Å². The molecule has 0 bridgehead atoms. The number of amides is 1. The Labute approximate surface area is 148 Å². The summed E-state index contributed by atoms with van der Waals surface area (Å²) in [6.45, 7) is 2.35. The molecule has 0 aliphatic carbocycles. The average Bonchev–Trinajstić information content (AvgIpc) is 2.98. The van der Waals surface area contributed by atoms with E-state index in [4.69, 9.17) is 10.5 Å². The molecule has 1 amide bonds. The number of carbonyl (C=O) groups is 1. The number of nitrogens with zero attached hydrogens (tertiary/aromatic N) is 1. The summed E-state index contributed by atoms with van der Waals surface area (Å²) in [7, 11) is 1.73. The van der Waals surface area contributed by atoms with Crippen LogP contribution in [-0.4, -0.2) is 48.6 Å². The minimum atomic E-state index is -0.479. The summed E-state index contributed by atoms with van der Waals surface area (Å²) in [6, 6.07) is 7.63. The summed E-state index contributed by atoms with van der Waals surface area (Å²) in [6.07, 6.45) is 4.53. The number of nitrogens with two attached hydrogens (primary N) is 1. The topological polar surface area (TPSA) is 71.3 Å². The van der Waals surface area contributed by atoms with Crippen molar-refractivity contribution in [1.29, 1.82) is 0 Å². The van der Waals surface area contributed by atoms with Gasteiger partial charge in [-0.15, -0.1) is 12.4 Å². The van der Waals surface area contributed by atoms with Gasteiger partial charge in [0, 0.05) is 43.9 Å². The van der Waals surface area contributed by atoms with Crippen LogP contribution in [0, 0.1) is 5.92 Å². The SMILES string of the molecule is COCC1CCN(C(=O)[C@@H](N)Cc2c[nH]c3ccccc23)CC1.Cl. The Balaban J connectivity index is 0.00000208. The fourth-order valence-electron chi connectivity index (χ4n) is 3.41. The number of hydrogen-bond donors (Lipinski definition) is 2. The number of ether oxygens (including phenoxy) is 1. The van der Waals surface area contributed by atoms with Crippen LogP contribution in [0.5, 0.6) is 0 Å². The lowest BCUT2D eigenvalue weighted by Gasteiger charge is -2.33. The largest absolute Gasteiger partial charge is 0.384 e. The number of likely N-dealkylation sites (tertiary alicyclic amines) is 1. The van der Waals surface area contributed by atoms with Gasteiger partial charge in [0.25, 0.3) is 0 Å². The van der Waals surface area contributed by atoms with Gasteiger partial charge in [0.2, 0.25) is 5.91 Å². The molecule has 0 spiro atoms. The Hall–Kier alpha value is -1.56. The average molecular weight is 352 g/mol. The number of fused-ring (bicyclic) bond motifs is 1. The lowest BCUT2D eigenvalue weighted by atomic mass is 9.96. The van der Waals surface area contributed by atoms with Crippen molar-refractivity contribution < 1.29 is 9.53 Å². The first kappa shape index (κ1) is 18.8. The molecule has 1 aliphatic rings. The number of rotatable bonds is 5. The van der Waals surface area contributed by atoms with E-state index < -0.39 is 6.04 Å². The van der Waals surface area contributed by atoms with Gasteiger partial charge in [0.1, 0.15) is 0 Å². The lowest BCUT2D eigenvalue weighted by Crippen LogP contribution is -2.48. The molecular formula is C18H26ClN3O2. The summed E-state index contributed by atoms with van der Waals surface area (Å²) in [5.74, 6) is 0.625. The Morgan fingerprint density at radius 1 is 1.38 bits per heavy atom. The molecule has 24 heavy (non-hydrogen) atoms. The number of aromatic amines is 1. The van der Waals surface area contributed by atoms with Crippen LogP contribution in [0.3, 0.4) is 0 Å². The number of benzene rings is 1. The summed E-state index contributed by atoms with van der Waals surface area (Å²) in [4.78, 5) is 17.7. The van der Waals surface area contributed by atoms with Gasteiger partial charge in [0.05, 0.1) is 6.04 Å². The molecule has 5 nitrogen and oxygen atoms in total. The number of carbonyl (C=O) groups excluding carboxylic acids is 1. The third-order valence-electron chi connectivity index (χ3n) is 4.76. The zero-order valence-electron chi connectivity index (χ0n) is 14.0. The molecule has 1 fully saturated rings. The standard InChI is InChI=1S/C18H25N3O2.ClH/c1-23-12-13-6-8-21(9-7-13)18(22)16(19)10-14-11-20-17-5-3-2-4-15(14)17;/h2-5,11,13,16,20H,6-10,12,19H2,1H3;1H/t16-;/m0./s1. The molecular weight excluding hydrogens is 326 g/mol. The second-order valence-corrected chi connectivity index (χ2v) is 6.39. The highest BCUT2D eigenvalue weighted by atomic mass is 35.5. The molecule has 0 unspecified atom stereocenters. The zero-order valence-corrected chi connectivity index (χ0v) is 14.8. The van der Waals surface area contributed by atoms with Crippen LogP contribution in [-0.2, 0) is 16.0 Å². The van der Waals surface area contributed by atoms with Gasteiger partial charge >= 0.3 is 0 Å². The van der Waals surface area contributed by atoms with Gasteiger partial charge in [-0.25, -0.2) is 0 Å². The predicted molar refractivity (Wildman–Crippen MR) is 98.4 cm³/mol. The summed E-state index contributed by atoms with van der Waals surface area (Å²) >= 11 is 0. The molecule has 3 N–H and O–H groups in total. The zero-order chi connectivity index (χ0) is 16.2. The number of H-pyrrole nitrogens is 1. The smallest absolute Gasteiger partial charge is 0.239 e. The molecule has 1 aliphatic heterocycles. The van der Waals surface area contributed by atoms with E-state index in [2.05, 4.69) is 11.1 Å². The number of aromatic nitrogens is 1. The first-order chi connectivity index (χ1) is 11.2. The number of piperidine rings is 1. The van der Waals surface area contributed by atoms with E-state index in [1.807, 2.05) is 29.3 Å². The maximum atomic E-state index is 12.6. The van der Waals surface area contributed by atoms with Crippen LogP contribution >= 0.6 is 12.4 Å². The van der Waals surface area contributed by atoms with Gasteiger partial charge in [-0.3, -0.25) is 4.79 Å². The maximum Gasteiger partial charge on any atom is 0.239 e. The van der Waals surface area contributed by atoms with E-state index >= 15 is 0 Å². The van der Waals surface area contributed by atoms with Crippen LogP contribution in [0.25, 0.3) is 10.9 Å². The van der Waals surface area contributed by atoms with Crippen molar-refractivity contribution in [2.75, 3.05) is 26.8 Å². The molecule has 6 heteroatoms. The highest BCUT2D eigenvalue weighted by Gasteiger charge is 2.26. The molecule has 0 saturated carbocycles. The van der Waals surface area contributed by atoms with E-state index in [9.17, 15) is 4.79 Å². The van der Waals surface area contributed by atoms with Crippen LogP contribution in [0.4, 0.5) is 0 Å². The van der Waals surface area contributed by atoms with E-state index in [1.165, 1.54) is 0 Å². The second-order valence-electron chi connectivity index (χ2n) is 6.39. The monoisotopic (exact) mass is 351 g/mol. The molecule has 1 saturated heterocycles. The van der Waals surface area contributed by atoms with Crippen molar-refractivity contribution in [3.05, 3.63) is 36.0 Å². The summed E-state index contributed by atoms with van der Waals surface area (Å²) < 4.78 is 5.20. The number of para-hydroxylation sites is 1. The highest BCUT2D eigenvalue weighted by Crippen LogP contribution is 2.21. The number of methoxy groups -OCH3 is 1. The fraction of sp³-hybridized carbons (Fsp3) is 0.500. The van der Waals surface area contributed by atoms with Crippen LogP contribution in [0.2, 0.25) is 0 Å². The van der Waals surface area contributed by atoms with E-state index in [1.54, 1.807) is 7.11 Å². The van der Waals surface area contributed by atoms with Crippen molar-refractivity contribution in [1.82, 2.24) is 9.88 Å². The first-order valence-electron chi connectivity index (χ1n) is 8.27. The molecule has 2 heterocycles. The Morgan fingerprint density at radius 3 is 2.79 bits per heavy atom. The lowest BCUT2D eigenvalue weighted by molar-refractivity contribution is -0.134. The Morgan fingerprint density at radius 2 is 2.08 bits per heavy atom. The minimum Gasteiger partial charge on any atom is -0.384 e. The molecule has 3 rings (SSSR count). The number of halogens is 1. The Kier molecular flexibility index (Phi) is 6.66. The highest BCUT2D eigenvalue weighted by molar-refractivity contribution is 5.86. The third kappa shape index (κ3) is 4.09. The molecule has 132 valence electrons. The molecule has 0 radical (unpaired) electrons. The van der Waals surface area contributed by atoms with E-state index in [0.29, 0.717) is 12.3 Å². The summed E-state index contributed by atoms with van der Waals surface area (Å²) in [5.41, 5.74) is 8.39. The molecule has 1 aromatic heterocycles. The van der Waals surface area contributed by atoms with Gasteiger partial charge < -0.3 is 20.4 Å². The second kappa shape index (κ2) is 8.51. The van der Waals surface area contributed by atoms with Crippen LogP contribution in [0.1, 0.15) is 18.4 Å². The van der Waals surface area contributed by atoms with Gasteiger partial charge in [-0.2, -0.15) is 0 Å². The normalized spacial score (nSPS) is 16.8.